The smallest absolute Gasteiger partial charge is 0.200 e. The van der Waals surface area contributed by atoms with Crippen molar-refractivity contribution in [2.75, 3.05) is 0 Å². The lowest BCUT2D eigenvalue weighted by Gasteiger charge is -2.19. The Morgan fingerprint density at radius 3 is 2.64 bits per heavy atom. The van der Waals surface area contributed by atoms with Gasteiger partial charge in [-0.3, -0.25) is 9.59 Å². The van der Waals surface area contributed by atoms with E-state index in [9.17, 15) is 9.59 Å². The minimum Gasteiger partial charge on any atom is -0.297 e. The number of carbonyl (C=O) groups excluding carboxylic acids is 2. The van der Waals surface area contributed by atoms with Gasteiger partial charge in [-0.2, -0.15) is 0 Å². The third-order valence-electron chi connectivity index (χ3n) is 2.66. The zero-order valence-corrected chi connectivity index (χ0v) is 9.52. The van der Waals surface area contributed by atoms with Crippen molar-refractivity contribution < 1.29 is 9.59 Å². The number of hydrogen-bond acceptors (Lipinski definition) is 3. The lowest BCUT2D eigenvalue weighted by molar-refractivity contribution is -0.127. The van der Waals surface area contributed by atoms with Gasteiger partial charge < -0.3 is 0 Å². The second-order valence-electron chi connectivity index (χ2n) is 3.92. The first-order chi connectivity index (χ1) is 6.51. The summed E-state index contributed by atoms with van der Waals surface area (Å²) in [4.78, 5) is 23.1. The molecule has 1 saturated heterocycles. The van der Waals surface area contributed by atoms with E-state index in [-0.39, 0.29) is 10.9 Å². The van der Waals surface area contributed by atoms with Crippen LogP contribution in [0, 0.1) is 5.92 Å². The van der Waals surface area contributed by atoms with Gasteiger partial charge in [0.1, 0.15) is 0 Å². The van der Waals surface area contributed by atoms with Crippen molar-refractivity contribution in [3.05, 3.63) is 12.7 Å². The molecule has 0 aromatic carbocycles. The quantitative estimate of drug-likeness (QED) is 0.408. The molecule has 0 bridgehead atoms. The van der Waals surface area contributed by atoms with Gasteiger partial charge in [0.15, 0.2) is 10.9 Å². The van der Waals surface area contributed by atoms with Gasteiger partial charge in [-0.15, -0.1) is 6.58 Å². The first-order valence-electron chi connectivity index (χ1n) is 4.89. The second-order valence-corrected chi connectivity index (χ2v) is 5.43. The average molecular weight is 212 g/mol. The first kappa shape index (κ1) is 11.5. The van der Waals surface area contributed by atoms with Crippen LogP contribution in [-0.2, 0) is 9.59 Å². The van der Waals surface area contributed by atoms with E-state index in [1.807, 2.05) is 13.0 Å². The molecule has 1 rings (SSSR count). The Bertz CT molecular complexity index is 272. The number of allylic oxidation sites excluding steroid dienone is 1. The molecule has 0 aromatic heterocycles. The number of hydrogen-bond donors (Lipinski definition) is 0. The summed E-state index contributed by atoms with van der Waals surface area (Å²) in [7, 11) is 0. The van der Waals surface area contributed by atoms with E-state index >= 15 is 0 Å². The lowest BCUT2D eigenvalue weighted by Crippen LogP contribution is -2.29. The largest absolute Gasteiger partial charge is 0.297 e. The maximum Gasteiger partial charge on any atom is 0.200 e. The molecular formula is C11H16O2S. The van der Waals surface area contributed by atoms with Crippen molar-refractivity contribution in [1.82, 2.24) is 0 Å². The topological polar surface area (TPSA) is 34.1 Å². The zero-order valence-electron chi connectivity index (χ0n) is 8.71. The highest BCUT2D eigenvalue weighted by molar-refractivity contribution is 8.16. The number of unbranched alkanes of at least 4 members (excludes halogenated alkanes) is 1. The molecule has 1 aliphatic heterocycles. The Balaban J connectivity index is 2.61. The molecule has 14 heavy (non-hydrogen) atoms. The molecule has 0 radical (unpaired) electrons. The van der Waals surface area contributed by atoms with Crippen LogP contribution in [0.2, 0.25) is 0 Å². The molecule has 0 amide bonds. The van der Waals surface area contributed by atoms with E-state index in [4.69, 9.17) is 0 Å². The molecule has 0 aliphatic carbocycles. The molecule has 2 nitrogen and oxygen atoms in total. The molecule has 1 heterocycles. The molecular weight excluding hydrogens is 196 g/mol. The van der Waals surface area contributed by atoms with Crippen molar-refractivity contribution in [2.24, 2.45) is 5.92 Å². The first-order valence-corrected chi connectivity index (χ1v) is 5.71. The van der Waals surface area contributed by atoms with E-state index in [1.165, 1.54) is 11.8 Å². The van der Waals surface area contributed by atoms with Crippen molar-refractivity contribution in [1.29, 1.82) is 0 Å². The maximum atomic E-state index is 11.8. The van der Waals surface area contributed by atoms with Crippen molar-refractivity contribution >= 4 is 22.7 Å². The summed E-state index contributed by atoms with van der Waals surface area (Å²) in [6.45, 7) is 7.22. The number of ketones is 1. The molecule has 2 unspecified atom stereocenters. The number of thioether (sulfide) groups is 1. The summed E-state index contributed by atoms with van der Waals surface area (Å²) in [6.07, 6.45) is 4.46. The standard InChI is InChI=1S/C11H16O2S/c1-4-5-6-7-11(3)9(12)8(2)10(13)14-11/h4,8H,1,5-7H2,2-3H3. The molecule has 0 saturated carbocycles. The van der Waals surface area contributed by atoms with Crippen LogP contribution in [-0.4, -0.2) is 15.6 Å². The Kier molecular flexibility index (Phi) is 3.53. The number of rotatable bonds is 4. The molecule has 0 spiro atoms. The van der Waals surface area contributed by atoms with E-state index in [1.54, 1.807) is 6.92 Å². The Morgan fingerprint density at radius 2 is 2.21 bits per heavy atom. The van der Waals surface area contributed by atoms with Crippen LogP contribution in [0.5, 0.6) is 0 Å². The molecule has 0 aromatic rings. The summed E-state index contributed by atoms with van der Waals surface area (Å²) in [5.74, 6) is -0.315. The monoisotopic (exact) mass is 212 g/mol. The van der Waals surface area contributed by atoms with Crippen molar-refractivity contribution in [3.63, 3.8) is 0 Å². The zero-order chi connectivity index (χ0) is 10.8. The highest BCUT2D eigenvalue weighted by atomic mass is 32.2. The van der Waals surface area contributed by atoms with Crippen molar-refractivity contribution in [2.45, 2.75) is 37.9 Å². The van der Waals surface area contributed by atoms with Gasteiger partial charge in [-0.25, -0.2) is 0 Å². The van der Waals surface area contributed by atoms with Crippen LogP contribution in [0.15, 0.2) is 12.7 Å². The van der Waals surface area contributed by atoms with Crippen LogP contribution in [0.4, 0.5) is 0 Å². The molecule has 2 atom stereocenters. The van der Waals surface area contributed by atoms with E-state index < -0.39 is 10.7 Å². The van der Waals surface area contributed by atoms with Crippen molar-refractivity contribution in [3.8, 4) is 0 Å². The third kappa shape index (κ3) is 2.08. The summed E-state index contributed by atoms with van der Waals surface area (Å²) in [6, 6.07) is 0. The Morgan fingerprint density at radius 1 is 1.57 bits per heavy atom. The Labute approximate surface area is 89.1 Å². The van der Waals surface area contributed by atoms with E-state index in [0.717, 1.165) is 19.3 Å². The summed E-state index contributed by atoms with van der Waals surface area (Å²) in [5, 5.41) is 0.0242. The summed E-state index contributed by atoms with van der Waals surface area (Å²) in [5.41, 5.74) is 0. The average Bonchev–Trinajstić information content (AvgIpc) is 2.32. The lowest BCUT2D eigenvalue weighted by atomic mass is 9.92. The van der Waals surface area contributed by atoms with E-state index in [2.05, 4.69) is 6.58 Å². The fourth-order valence-electron chi connectivity index (χ4n) is 1.68. The predicted molar refractivity (Wildman–Crippen MR) is 59.2 cm³/mol. The van der Waals surface area contributed by atoms with Gasteiger partial charge in [-0.1, -0.05) is 17.8 Å². The minimum atomic E-state index is -0.473. The highest BCUT2D eigenvalue weighted by Gasteiger charge is 2.47. The van der Waals surface area contributed by atoms with Gasteiger partial charge >= 0.3 is 0 Å². The predicted octanol–water partition coefficient (Wildman–Crippen LogP) is 2.58. The van der Waals surface area contributed by atoms with Gasteiger partial charge in [0.05, 0.1) is 10.7 Å². The number of carbonyl (C=O) groups is 2. The summed E-state index contributed by atoms with van der Waals surface area (Å²) >= 11 is 1.21. The van der Waals surface area contributed by atoms with Crippen LogP contribution in [0.3, 0.4) is 0 Å². The fraction of sp³-hybridized carbons (Fsp3) is 0.636. The van der Waals surface area contributed by atoms with Gasteiger partial charge in [0, 0.05) is 0 Å². The molecule has 1 fully saturated rings. The molecule has 1 aliphatic rings. The van der Waals surface area contributed by atoms with Crippen LogP contribution < -0.4 is 0 Å². The minimum absolute atomic E-state index is 0.0242. The second kappa shape index (κ2) is 4.30. The van der Waals surface area contributed by atoms with Gasteiger partial charge in [0.25, 0.3) is 0 Å². The Hall–Kier alpha value is -0.570. The van der Waals surface area contributed by atoms with Gasteiger partial charge in [0.2, 0.25) is 0 Å². The molecule has 78 valence electrons. The van der Waals surface area contributed by atoms with Gasteiger partial charge in [-0.05, 0) is 33.1 Å². The third-order valence-corrected chi connectivity index (χ3v) is 4.07. The van der Waals surface area contributed by atoms with E-state index in [0.29, 0.717) is 0 Å². The highest BCUT2D eigenvalue weighted by Crippen LogP contribution is 2.42. The maximum absolute atomic E-state index is 11.8. The SMILES string of the molecule is C=CCCCC1(C)SC(=O)C(C)C1=O. The van der Waals surface area contributed by atoms with Crippen LogP contribution >= 0.6 is 11.8 Å². The van der Waals surface area contributed by atoms with Crippen LogP contribution in [0.25, 0.3) is 0 Å². The molecule has 3 heteroatoms. The number of Topliss-reactive ketones (excluding diaryl/α,β-unsaturated/α-hetero) is 1. The molecule has 0 N–H and O–H groups in total. The fourth-order valence-corrected chi connectivity index (χ4v) is 2.94. The normalized spacial score (nSPS) is 32.3. The summed E-state index contributed by atoms with van der Waals surface area (Å²) < 4.78 is -0.473. The van der Waals surface area contributed by atoms with Crippen LogP contribution in [0.1, 0.15) is 33.1 Å².